The molecule has 1 aliphatic carbocycles. The van der Waals surface area contributed by atoms with Crippen molar-refractivity contribution in [1.29, 1.82) is 0 Å². The molecule has 2 aromatic heterocycles. The van der Waals surface area contributed by atoms with Crippen molar-refractivity contribution in [2.75, 3.05) is 19.7 Å². The smallest absolute Gasteiger partial charge is 0.346 e. The molecule has 138 valence electrons. The maximum Gasteiger partial charge on any atom is 0.346 e. The second kappa shape index (κ2) is 6.23. The number of ether oxygens (including phenoxy) is 1. The number of thiophene rings is 1. The van der Waals surface area contributed by atoms with E-state index in [4.69, 9.17) is 9.15 Å². The highest BCUT2D eigenvalue weighted by molar-refractivity contribution is 7.17. The molecule has 0 N–H and O–H groups in total. The summed E-state index contributed by atoms with van der Waals surface area (Å²) in [6, 6.07) is 7.15. The van der Waals surface area contributed by atoms with Crippen LogP contribution in [0.15, 0.2) is 34.9 Å². The van der Waals surface area contributed by atoms with Gasteiger partial charge in [-0.3, -0.25) is 4.79 Å². The van der Waals surface area contributed by atoms with Gasteiger partial charge >= 0.3 is 5.97 Å². The number of hydrogen-bond donors (Lipinski definition) is 0. The minimum atomic E-state index is -2.11. The second-order valence-corrected chi connectivity index (χ2v) is 8.04. The van der Waals surface area contributed by atoms with Gasteiger partial charge in [0.1, 0.15) is 5.76 Å². The number of rotatable bonds is 4. The molecule has 4 rings (SSSR count). The van der Waals surface area contributed by atoms with Gasteiger partial charge in [-0.15, -0.1) is 11.3 Å². The van der Waals surface area contributed by atoms with Crippen molar-refractivity contribution in [2.45, 2.75) is 31.9 Å². The van der Waals surface area contributed by atoms with Crippen LogP contribution in [0.4, 0.5) is 4.39 Å². The number of hydrogen-bond acceptors (Lipinski definition) is 5. The van der Waals surface area contributed by atoms with Gasteiger partial charge in [-0.25, -0.2) is 9.18 Å². The highest BCUT2D eigenvalue weighted by atomic mass is 32.1. The summed E-state index contributed by atoms with van der Waals surface area (Å²) in [5.41, 5.74) is -2.91. The molecule has 0 bridgehead atoms. The molecule has 7 heteroatoms. The molecule has 5 nitrogen and oxygen atoms in total. The maximum atomic E-state index is 15.7. The molecule has 1 spiro atoms. The molecule has 0 aromatic carbocycles. The van der Waals surface area contributed by atoms with Gasteiger partial charge in [-0.1, -0.05) is 6.42 Å². The van der Waals surface area contributed by atoms with Gasteiger partial charge in [0.15, 0.2) is 0 Å². The van der Waals surface area contributed by atoms with E-state index in [2.05, 4.69) is 0 Å². The van der Waals surface area contributed by atoms with E-state index in [1.165, 1.54) is 16.2 Å². The molecule has 1 saturated heterocycles. The van der Waals surface area contributed by atoms with Crippen molar-refractivity contribution in [3.8, 4) is 10.6 Å². The molecule has 2 fully saturated rings. The topological polar surface area (TPSA) is 59.8 Å². The Balaban J connectivity index is 1.57. The van der Waals surface area contributed by atoms with Crippen LogP contribution in [-0.2, 0) is 9.53 Å². The molecule has 1 amide bonds. The highest BCUT2D eigenvalue weighted by Crippen LogP contribution is 2.56. The quantitative estimate of drug-likeness (QED) is 0.758. The summed E-state index contributed by atoms with van der Waals surface area (Å²) in [6.07, 6.45) is 3.66. The van der Waals surface area contributed by atoms with Crippen LogP contribution < -0.4 is 0 Å². The minimum Gasteiger partial charge on any atom is -0.464 e. The van der Waals surface area contributed by atoms with Gasteiger partial charge in [-0.05, 0) is 44.0 Å². The van der Waals surface area contributed by atoms with Crippen LogP contribution in [-0.4, -0.2) is 42.1 Å². The Labute approximate surface area is 154 Å². The number of halogens is 1. The number of amides is 1. The summed E-state index contributed by atoms with van der Waals surface area (Å²) in [4.78, 5) is 28.0. The van der Waals surface area contributed by atoms with E-state index in [9.17, 15) is 9.59 Å². The van der Waals surface area contributed by atoms with E-state index in [1.807, 2.05) is 12.1 Å². The summed E-state index contributed by atoms with van der Waals surface area (Å²) in [5, 5.41) is 0. The Morgan fingerprint density at radius 2 is 2.12 bits per heavy atom. The first-order chi connectivity index (χ1) is 12.5. The molecular formula is C19H20FNO4S. The average Bonchev–Trinajstić information content (AvgIpc) is 3.31. The first-order valence-electron chi connectivity index (χ1n) is 8.78. The van der Waals surface area contributed by atoms with E-state index < -0.39 is 17.1 Å². The third-order valence-electron chi connectivity index (χ3n) is 5.52. The molecule has 1 saturated carbocycles. The van der Waals surface area contributed by atoms with Gasteiger partial charge < -0.3 is 14.1 Å². The van der Waals surface area contributed by atoms with Gasteiger partial charge in [0.2, 0.25) is 5.67 Å². The van der Waals surface area contributed by atoms with Crippen LogP contribution in [0.1, 0.15) is 35.9 Å². The third kappa shape index (κ3) is 2.48. The number of carbonyl (C=O) groups excluding carboxylic acids is 2. The van der Waals surface area contributed by atoms with E-state index in [1.54, 1.807) is 25.3 Å². The summed E-state index contributed by atoms with van der Waals surface area (Å²) in [6.45, 7) is 1.81. The fraction of sp³-hybridized carbons (Fsp3) is 0.474. The first kappa shape index (κ1) is 17.3. The monoisotopic (exact) mass is 377 g/mol. The Morgan fingerprint density at radius 3 is 2.73 bits per heavy atom. The summed E-state index contributed by atoms with van der Waals surface area (Å²) < 4.78 is 26.0. The first-order valence-corrected chi connectivity index (χ1v) is 9.60. The lowest BCUT2D eigenvalue weighted by atomic mass is 9.61. The van der Waals surface area contributed by atoms with Gasteiger partial charge in [0.25, 0.3) is 5.91 Å². The molecule has 0 radical (unpaired) electrons. The Bertz CT molecular complexity index is 826. The van der Waals surface area contributed by atoms with Crippen molar-refractivity contribution in [1.82, 2.24) is 4.90 Å². The number of nitrogens with zero attached hydrogens (tertiary/aromatic N) is 1. The molecule has 2 aliphatic rings. The number of likely N-dealkylation sites (tertiary alicyclic amines) is 1. The molecule has 3 heterocycles. The van der Waals surface area contributed by atoms with Crippen molar-refractivity contribution in [3.63, 3.8) is 0 Å². The van der Waals surface area contributed by atoms with Crippen molar-refractivity contribution in [2.24, 2.45) is 5.41 Å². The van der Waals surface area contributed by atoms with Crippen LogP contribution >= 0.6 is 11.3 Å². The van der Waals surface area contributed by atoms with Crippen LogP contribution in [0, 0.1) is 5.41 Å². The fourth-order valence-corrected chi connectivity index (χ4v) is 4.91. The lowest BCUT2D eigenvalue weighted by Gasteiger charge is -2.44. The predicted molar refractivity (Wildman–Crippen MR) is 94.7 cm³/mol. The molecule has 26 heavy (non-hydrogen) atoms. The average molecular weight is 377 g/mol. The van der Waals surface area contributed by atoms with E-state index >= 15 is 4.39 Å². The van der Waals surface area contributed by atoms with Gasteiger partial charge in [0.05, 0.1) is 29.2 Å². The van der Waals surface area contributed by atoms with E-state index in [-0.39, 0.29) is 25.6 Å². The standard InChI is InChI=1S/C19H20FNO4S/c1-2-24-17(23)19(20)12-21(11-18(19)8-4-9-18)16(22)15-7-6-14(26-15)13-5-3-10-25-13/h3,5-7,10H,2,4,8-9,11-12H2,1H3. The van der Waals surface area contributed by atoms with E-state index in [0.717, 1.165) is 11.3 Å². The highest BCUT2D eigenvalue weighted by Gasteiger charge is 2.67. The van der Waals surface area contributed by atoms with Crippen molar-refractivity contribution < 1.29 is 23.1 Å². The van der Waals surface area contributed by atoms with Crippen LogP contribution in [0.2, 0.25) is 0 Å². The second-order valence-electron chi connectivity index (χ2n) is 6.96. The Hall–Kier alpha value is -2.15. The van der Waals surface area contributed by atoms with Crippen LogP contribution in [0.5, 0.6) is 0 Å². The lowest BCUT2D eigenvalue weighted by molar-refractivity contribution is -0.168. The van der Waals surface area contributed by atoms with Crippen molar-refractivity contribution in [3.05, 3.63) is 35.4 Å². The zero-order chi connectivity index (χ0) is 18.4. The summed E-state index contributed by atoms with van der Waals surface area (Å²) >= 11 is 1.31. The number of esters is 1. The molecule has 2 aromatic rings. The minimum absolute atomic E-state index is 0.131. The molecule has 1 aliphatic heterocycles. The number of alkyl halides is 1. The van der Waals surface area contributed by atoms with Crippen LogP contribution in [0.3, 0.4) is 0 Å². The summed E-state index contributed by atoms with van der Waals surface area (Å²) in [5.74, 6) is -0.391. The zero-order valence-corrected chi connectivity index (χ0v) is 15.3. The molecular weight excluding hydrogens is 357 g/mol. The zero-order valence-electron chi connectivity index (χ0n) is 14.5. The van der Waals surface area contributed by atoms with Gasteiger partial charge in [0, 0.05) is 12.0 Å². The molecule has 1 unspecified atom stereocenters. The third-order valence-corrected chi connectivity index (χ3v) is 6.61. The van der Waals surface area contributed by atoms with Gasteiger partial charge in [-0.2, -0.15) is 0 Å². The largest absolute Gasteiger partial charge is 0.464 e. The normalized spacial score (nSPS) is 23.8. The van der Waals surface area contributed by atoms with Crippen molar-refractivity contribution >= 4 is 23.2 Å². The SMILES string of the molecule is CCOC(=O)C1(F)CN(C(=O)c2ccc(-c3ccco3)s2)CC12CCC2. The van der Waals surface area contributed by atoms with Crippen LogP contribution in [0.25, 0.3) is 10.6 Å². The maximum absolute atomic E-state index is 15.7. The predicted octanol–water partition coefficient (Wildman–Crippen LogP) is 3.91. The Morgan fingerprint density at radius 1 is 1.31 bits per heavy atom. The summed E-state index contributed by atoms with van der Waals surface area (Å²) in [7, 11) is 0. The number of carbonyl (C=O) groups is 2. The fourth-order valence-electron chi connectivity index (χ4n) is 3.97. The van der Waals surface area contributed by atoms with E-state index in [0.29, 0.717) is 23.5 Å². The molecule has 1 atom stereocenters. The Kier molecular flexibility index (Phi) is 4.14. The number of furan rings is 1. The lowest BCUT2D eigenvalue weighted by Crippen LogP contribution is -2.54.